The Hall–Kier alpha value is -0.130. The topological polar surface area (TPSA) is 26.0 Å². The second kappa shape index (κ2) is 5.64. The molecular weight excluding hydrogens is 142 g/mol. The average molecular weight is 157 g/mol. The van der Waals surface area contributed by atoms with Crippen LogP contribution in [0, 0.1) is 12.3 Å². The Morgan fingerprint density at radius 2 is 2.30 bits per heavy atom. The first kappa shape index (κ1) is 9.87. The summed E-state index contributed by atoms with van der Waals surface area (Å²) in [6.45, 7) is 4.35. The molecule has 58 valence electrons. The van der Waals surface area contributed by atoms with Crippen LogP contribution in [0.5, 0.6) is 0 Å². The standard InChI is InChI=1S/C8H15NS/c1-4-7(3)10-6-8(9)5-2/h2,7-8H,4,6,9H2,1,3H3. The third-order valence-electron chi connectivity index (χ3n) is 1.35. The maximum absolute atomic E-state index is 5.52. The second-order valence-corrected chi connectivity index (χ2v) is 3.80. The Kier molecular flexibility index (Phi) is 5.57. The summed E-state index contributed by atoms with van der Waals surface area (Å²) in [7, 11) is 0. The molecule has 2 atom stereocenters. The first-order valence-corrected chi connectivity index (χ1v) is 4.58. The molecule has 0 aromatic rings. The van der Waals surface area contributed by atoms with E-state index in [9.17, 15) is 0 Å². The fraction of sp³-hybridized carbons (Fsp3) is 0.750. The Labute approximate surface area is 67.8 Å². The van der Waals surface area contributed by atoms with Crippen molar-refractivity contribution in [2.45, 2.75) is 31.6 Å². The van der Waals surface area contributed by atoms with E-state index in [1.165, 1.54) is 6.42 Å². The molecule has 2 unspecified atom stereocenters. The van der Waals surface area contributed by atoms with Crippen LogP contribution < -0.4 is 5.73 Å². The largest absolute Gasteiger partial charge is 0.317 e. The average Bonchev–Trinajstić information content (AvgIpc) is 1.99. The number of terminal acetylenes is 1. The number of rotatable bonds is 4. The minimum atomic E-state index is -0.0704. The third-order valence-corrected chi connectivity index (χ3v) is 2.80. The smallest absolute Gasteiger partial charge is 0.0753 e. The number of thioether (sulfide) groups is 1. The van der Waals surface area contributed by atoms with Gasteiger partial charge in [-0.25, -0.2) is 0 Å². The molecule has 0 aliphatic rings. The maximum Gasteiger partial charge on any atom is 0.0753 e. The van der Waals surface area contributed by atoms with Gasteiger partial charge in [-0.2, -0.15) is 11.8 Å². The summed E-state index contributed by atoms with van der Waals surface area (Å²) in [5.41, 5.74) is 5.52. The summed E-state index contributed by atoms with van der Waals surface area (Å²) in [6.07, 6.45) is 6.29. The van der Waals surface area contributed by atoms with Gasteiger partial charge >= 0.3 is 0 Å². The van der Waals surface area contributed by atoms with Crippen molar-refractivity contribution in [3.8, 4) is 12.3 Å². The summed E-state index contributed by atoms with van der Waals surface area (Å²) in [6, 6.07) is -0.0704. The zero-order valence-electron chi connectivity index (χ0n) is 6.63. The summed E-state index contributed by atoms with van der Waals surface area (Å²) in [4.78, 5) is 0. The fourth-order valence-electron chi connectivity index (χ4n) is 0.434. The van der Waals surface area contributed by atoms with Crippen molar-refractivity contribution in [3.63, 3.8) is 0 Å². The predicted molar refractivity (Wildman–Crippen MR) is 49.0 cm³/mol. The van der Waals surface area contributed by atoms with Gasteiger partial charge in [0, 0.05) is 11.0 Å². The molecule has 0 saturated heterocycles. The van der Waals surface area contributed by atoms with Gasteiger partial charge in [0.2, 0.25) is 0 Å². The van der Waals surface area contributed by atoms with Crippen LogP contribution in [0.2, 0.25) is 0 Å². The van der Waals surface area contributed by atoms with E-state index < -0.39 is 0 Å². The van der Waals surface area contributed by atoms with Crippen LogP contribution in [-0.2, 0) is 0 Å². The van der Waals surface area contributed by atoms with Gasteiger partial charge in [0.1, 0.15) is 0 Å². The van der Waals surface area contributed by atoms with Crippen LogP contribution in [0.1, 0.15) is 20.3 Å². The highest BCUT2D eigenvalue weighted by molar-refractivity contribution is 7.99. The first-order chi connectivity index (χ1) is 4.70. The van der Waals surface area contributed by atoms with Gasteiger partial charge in [0.15, 0.2) is 0 Å². The molecule has 2 heteroatoms. The van der Waals surface area contributed by atoms with E-state index in [2.05, 4.69) is 19.8 Å². The number of hydrogen-bond donors (Lipinski definition) is 1. The minimum absolute atomic E-state index is 0.0704. The van der Waals surface area contributed by atoms with E-state index in [1.807, 2.05) is 11.8 Å². The molecule has 0 spiro atoms. The van der Waals surface area contributed by atoms with Crippen LogP contribution in [0.25, 0.3) is 0 Å². The van der Waals surface area contributed by atoms with Crippen molar-refractivity contribution in [2.75, 3.05) is 5.75 Å². The van der Waals surface area contributed by atoms with E-state index >= 15 is 0 Å². The van der Waals surface area contributed by atoms with E-state index in [1.54, 1.807) is 0 Å². The molecular formula is C8H15NS. The summed E-state index contributed by atoms with van der Waals surface area (Å²) >= 11 is 1.84. The first-order valence-electron chi connectivity index (χ1n) is 3.54. The molecule has 0 aliphatic heterocycles. The Morgan fingerprint density at radius 3 is 2.70 bits per heavy atom. The van der Waals surface area contributed by atoms with Crippen molar-refractivity contribution >= 4 is 11.8 Å². The maximum atomic E-state index is 5.52. The molecule has 0 aliphatic carbocycles. The van der Waals surface area contributed by atoms with Crippen LogP contribution in [-0.4, -0.2) is 17.0 Å². The van der Waals surface area contributed by atoms with Crippen LogP contribution >= 0.6 is 11.8 Å². The number of nitrogens with two attached hydrogens (primary N) is 1. The van der Waals surface area contributed by atoms with Gasteiger partial charge in [0.05, 0.1) is 6.04 Å². The van der Waals surface area contributed by atoms with Crippen molar-refractivity contribution in [3.05, 3.63) is 0 Å². The van der Waals surface area contributed by atoms with E-state index in [4.69, 9.17) is 12.2 Å². The van der Waals surface area contributed by atoms with Crippen LogP contribution in [0.15, 0.2) is 0 Å². The second-order valence-electron chi connectivity index (χ2n) is 2.33. The molecule has 0 heterocycles. The van der Waals surface area contributed by atoms with Crippen molar-refractivity contribution in [1.82, 2.24) is 0 Å². The highest BCUT2D eigenvalue weighted by atomic mass is 32.2. The molecule has 2 N–H and O–H groups in total. The minimum Gasteiger partial charge on any atom is -0.317 e. The quantitative estimate of drug-likeness (QED) is 0.625. The zero-order valence-corrected chi connectivity index (χ0v) is 7.45. The van der Waals surface area contributed by atoms with Crippen LogP contribution in [0.3, 0.4) is 0 Å². The van der Waals surface area contributed by atoms with Gasteiger partial charge in [-0.1, -0.05) is 19.8 Å². The third kappa shape index (κ3) is 4.72. The van der Waals surface area contributed by atoms with Crippen molar-refractivity contribution in [1.29, 1.82) is 0 Å². The van der Waals surface area contributed by atoms with E-state index in [0.29, 0.717) is 5.25 Å². The molecule has 0 saturated carbocycles. The molecule has 1 nitrogen and oxygen atoms in total. The Bertz CT molecular complexity index is 117. The van der Waals surface area contributed by atoms with Gasteiger partial charge in [-0.3, -0.25) is 0 Å². The molecule has 0 radical (unpaired) electrons. The molecule has 0 rings (SSSR count). The van der Waals surface area contributed by atoms with Gasteiger partial charge in [0.25, 0.3) is 0 Å². The number of hydrogen-bond acceptors (Lipinski definition) is 2. The van der Waals surface area contributed by atoms with E-state index in [0.717, 1.165) is 5.75 Å². The SMILES string of the molecule is C#CC(N)CSC(C)CC. The monoisotopic (exact) mass is 157 g/mol. The van der Waals surface area contributed by atoms with E-state index in [-0.39, 0.29) is 6.04 Å². The van der Waals surface area contributed by atoms with Crippen molar-refractivity contribution in [2.24, 2.45) is 5.73 Å². The predicted octanol–water partition coefficient (Wildman–Crippen LogP) is 1.48. The van der Waals surface area contributed by atoms with Gasteiger partial charge in [-0.15, -0.1) is 6.42 Å². The van der Waals surface area contributed by atoms with Crippen molar-refractivity contribution < 1.29 is 0 Å². The fourth-order valence-corrected chi connectivity index (χ4v) is 1.30. The zero-order chi connectivity index (χ0) is 7.98. The molecule has 0 amide bonds. The molecule has 0 bridgehead atoms. The molecule has 0 aromatic heterocycles. The molecule has 0 aromatic carbocycles. The molecule has 0 fully saturated rings. The Balaban J connectivity index is 3.28. The highest BCUT2D eigenvalue weighted by Gasteiger charge is 2.01. The summed E-state index contributed by atoms with van der Waals surface area (Å²) in [5.74, 6) is 3.38. The Morgan fingerprint density at radius 1 is 1.70 bits per heavy atom. The lowest BCUT2D eigenvalue weighted by Crippen LogP contribution is -2.21. The lowest BCUT2D eigenvalue weighted by Gasteiger charge is -2.08. The lowest BCUT2D eigenvalue weighted by atomic mass is 10.4. The van der Waals surface area contributed by atoms with Gasteiger partial charge in [-0.05, 0) is 6.42 Å². The highest BCUT2D eigenvalue weighted by Crippen LogP contribution is 2.13. The summed E-state index contributed by atoms with van der Waals surface area (Å²) < 4.78 is 0. The summed E-state index contributed by atoms with van der Waals surface area (Å²) in [5, 5.41) is 0.680. The normalized spacial score (nSPS) is 15.8. The van der Waals surface area contributed by atoms with Gasteiger partial charge < -0.3 is 5.73 Å². The lowest BCUT2D eigenvalue weighted by molar-refractivity contribution is 0.894. The molecule has 10 heavy (non-hydrogen) atoms. The van der Waals surface area contributed by atoms with Crippen LogP contribution in [0.4, 0.5) is 0 Å².